The Labute approximate surface area is 135 Å². The maximum atomic E-state index is 10.3. The normalized spacial score (nSPS) is 12.6. The van der Waals surface area contributed by atoms with Crippen LogP contribution in [0.15, 0.2) is 29.2 Å². The molecule has 0 saturated carbocycles. The molecule has 0 aliphatic carbocycles. The first-order valence-electron chi connectivity index (χ1n) is 7.10. The highest BCUT2D eigenvalue weighted by molar-refractivity contribution is 7.99. The van der Waals surface area contributed by atoms with Crippen LogP contribution in [0.5, 0.6) is 0 Å². The average molecular weight is 325 g/mol. The molecule has 2 rings (SSSR count). The van der Waals surface area contributed by atoms with Crippen LogP contribution in [0.1, 0.15) is 23.9 Å². The number of hydrogen-bond acceptors (Lipinski definition) is 3. The van der Waals surface area contributed by atoms with Gasteiger partial charge in [0.15, 0.2) is 0 Å². The Hall–Kier alpha value is -0.970. The molecule has 114 valence electrons. The van der Waals surface area contributed by atoms with E-state index in [2.05, 4.69) is 36.3 Å². The van der Waals surface area contributed by atoms with E-state index in [1.807, 2.05) is 18.5 Å². The largest absolute Gasteiger partial charge is 0.392 e. The van der Waals surface area contributed by atoms with Gasteiger partial charge in [0, 0.05) is 23.6 Å². The van der Waals surface area contributed by atoms with Crippen molar-refractivity contribution in [1.82, 2.24) is 9.78 Å². The van der Waals surface area contributed by atoms with Gasteiger partial charge in [0.2, 0.25) is 0 Å². The predicted molar refractivity (Wildman–Crippen MR) is 89.3 cm³/mol. The molecule has 3 nitrogen and oxygen atoms in total. The molecule has 0 spiro atoms. The standard InChI is InChI=1S/C16H21ClN2OS/c1-4-19-15(16(17)12(3)18-19)9-13(20)10-21-14-7-5-11(2)6-8-14/h5-8,13,20H,4,9-10H2,1-3H3. The van der Waals surface area contributed by atoms with Gasteiger partial charge in [0.1, 0.15) is 0 Å². The van der Waals surface area contributed by atoms with E-state index in [-0.39, 0.29) is 0 Å². The van der Waals surface area contributed by atoms with Crippen molar-refractivity contribution in [2.24, 2.45) is 0 Å². The maximum Gasteiger partial charge on any atom is 0.0848 e. The number of aliphatic hydroxyl groups excluding tert-OH is 1. The van der Waals surface area contributed by atoms with Crippen LogP contribution in [0.2, 0.25) is 5.02 Å². The average Bonchev–Trinajstić information content (AvgIpc) is 2.74. The van der Waals surface area contributed by atoms with Gasteiger partial charge in [-0.2, -0.15) is 5.10 Å². The van der Waals surface area contributed by atoms with Crippen LogP contribution < -0.4 is 0 Å². The molecule has 1 heterocycles. The summed E-state index contributed by atoms with van der Waals surface area (Å²) in [6.45, 7) is 6.76. The van der Waals surface area contributed by atoms with Gasteiger partial charge in [-0.15, -0.1) is 11.8 Å². The summed E-state index contributed by atoms with van der Waals surface area (Å²) in [6.07, 6.45) is 0.0991. The number of nitrogens with zero attached hydrogens (tertiary/aromatic N) is 2. The van der Waals surface area contributed by atoms with Crippen LogP contribution in [-0.4, -0.2) is 26.7 Å². The highest BCUT2D eigenvalue weighted by Gasteiger charge is 2.16. The van der Waals surface area contributed by atoms with Crippen LogP contribution in [0.4, 0.5) is 0 Å². The lowest BCUT2D eigenvalue weighted by Crippen LogP contribution is -2.17. The fourth-order valence-electron chi connectivity index (χ4n) is 2.17. The Bertz CT molecular complexity index is 595. The number of hydrogen-bond donors (Lipinski definition) is 1. The molecule has 0 radical (unpaired) electrons. The van der Waals surface area contributed by atoms with Gasteiger partial charge >= 0.3 is 0 Å². The molecule has 0 fully saturated rings. The quantitative estimate of drug-likeness (QED) is 0.820. The molecule has 1 atom stereocenters. The maximum absolute atomic E-state index is 10.3. The summed E-state index contributed by atoms with van der Waals surface area (Å²) in [5, 5.41) is 15.3. The zero-order valence-corrected chi connectivity index (χ0v) is 14.2. The summed E-state index contributed by atoms with van der Waals surface area (Å²) in [5.74, 6) is 0.646. The Morgan fingerprint density at radius 3 is 2.57 bits per heavy atom. The van der Waals surface area contributed by atoms with E-state index in [1.165, 1.54) is 10.5 Å². The summed E-state index contributed by atoms with van der Waals surface area (Å²) >= 11 is 7.93. The number of aliphatic hydroxyl groups is 1. The van der Waals surface area contributed by atoms with Gasteiger partial charge < -0.3 is 5.11 Å². The summed E-state index contributed by atoms with van der Waals surface area (Å²) in [7, 11) is 0. The SMILES string of the molecule is CCn1nc(C)c(Cl)c1CC(O)CSc1ccc(C)cc1. The number of rotatable bonds is 6. The topological polar surface area (TPSA) is 38.0 Å². The van der Waals surface area contributed by atoms with Crippen molar-refractivity contribution < 1.29 is 5.11 Å². The Kier molecular flexibility index (Phi) is 5.73. The summed E-state index contributed by atoms with van der Waals surface area (Å²) < 4.78 is 1.87. The van der Waals surface area contributed by atoms with Gasteiger partial charge in [-0.1, -0.05) is 29.3 Å². The Balaban J connectivity index is 1.95. The third-order valence-electron chi connectivity index (χ3n) is 3.35. The lowest BCUT2D eigenvalue weighted by Gasteiger charge is -2.12. The van der Waals surface area contributed by atoms with E-state index in [0.29, 0.717) is 17.2 Å². The highest BCUT2D eigenvalue weighted by atomic mass is 35.5. The zero-order valence-electron chi connectivity index (χ0n) is 12.6. The number of aryl methyl sites for hydroxylation is 3. The van der Waals surface area contributed by atoms with E-state index < -0.39 is 6.10 Å². The molecule has 21 heavy (non-hydrogen) atoms. The molecule has 5 heteroatoms. The van der Waals surface area contributed by atoms with Crippen LogP contribution in [0.3, 0.4) is 0 Å². The molecular weight excluding hydrogens is 304 g/mol. The predicted octanol–water partition coefficient (Wildman–Crippen LogP) is 3.87. The number of thioether (sulfide) groups is 1. The van der Waals surface area contributed by atoms with Crippen LogP contribution in [0, 0.1) is 13.8 Å². The third-order valence-corrected chi connectivity index (χ3v) is 4.99. The fraction of sp³-hybridized carbons (Fsp3) is 0.438. The fourth-order valence-corrected chi connectivity index (χ4v) is 3.22. The van der Waals surface area contributed by atoms with Gasteiger partial charge in [-0.3, -0.25) is 4.68 Å². The van der Waals surface area contributed by atoms with Crippen LogP contribution >= 0.6 is 23.4 Å². The lowest BCUT2D eigenvalue weighted by atomic mass is 10.2. The monoisotopic (exact) mass is 324 g/mol. The van der Waals surface area contributed by atoms with E-state index in [4.69, 9.17) is 11.6 Å². The second-order valence-electron chi connectivity index (χ2n) is 5.14. The molecule has 1 aromatic carbocycles. The van der Waals surface area contributed by atoms with Gasteiger partial charge in [-0.05, 0) is 32.9 Å². The van der Waals surface area contributed by atoms with Crippen molar-refractivity contribution in [3.8, 4) is 0 Å². The minimum Gasteiger partial charge on any atom is -0.392 e. The van der Waals surface area contributed by atoms with Gasteiger partial charge in [-0.25, -0.2) is 0 Å². The molecule has 0 amide bonds. The first-order chi connectivity index (χ1) is 10.0. The molecular formula is C16H21ClN2OS. The van der Waals surface area contributed by atoms with E-state index in [0.717, 1.165) is 17.9 Å². The smallest absolute Gasteiger partial charge is 0.0848 e. The second-order valence-corrected chi connectivity index (χ2v) is 6.62. The second kappa shape index (κ2) is 7.34. The van der Waals surface area contributed by atoms with Crippen molar-refractivity contribution in [3.05, 3.63) is 46.2 Å². The Morgan fingerprint density at radius 1 is 1.29 bits per heavy atom. The van der Waals surface area contributed by atoms with E-state index in [9.17, 15) is 5.11 Å². The molecule has 0 aliphatic rings. The van der Waals surface area contributed by atoms with Crippen molar-refractivity contribution in [3.63, 3.8) is 0 Å². The molecule has 1 aromatic heterocycles. The highest BCUT2D eigenvalue weighted by Crippen LogP contribution is 2.24. The van der Waals surface area contributed by atoms with E-state index in [1.54, 1.807) is 11.8 Å². The number of benzene rings is 1. The number of halogens is 1. The van der Waals surface area contributed by atoms with Crippen molar-refractivity contribution in [1.29, 1.82) is 0 Å². The zero-order chi connectivity index (χ0) is 15.4. The molecule has 1 unspecified atom stereocenters. The van der Waals surface area contributed by atoms with Gasteiger partial charge in [0.25, 0.3) is 0 Å². The van der Waals surface area contributed by atoms with E-state index >= 15 is 0 Å². The van der Waals surface area contributed by atoms with Crippen molar-refractivity contribution in [2.75, 3.05) is 5.75 Å². The molecule has 1 N–H and O–H groups in total. The lowest BCUT2D eigenvalue weighted by molar-refractivity contribution is 0.197. The van der Waals surface area contributed by atoms with Crippen LogP contribution in [-0.2, 0) is 13.0 Å². The Morgan fingerprint density at radius 2 is 1.95 bits per heavy atom. The molecule has 0 bridgehead atoms. The third kappa shape index (κ3) is 4.25. The first kappa shape index (κ1) is 16.4. The molecule has 0 aliphatic heterocycles. The molecule has 2 aromatic rings. The number of aromatic nitrogens is 2. The van der Waals surface area contributed by atoms with Crippen molar-refractivity contribution in [2.45, 2.75) is 44.7 Å². The van der Waals surface area contributed by atoms with Gasteiger partial charge in [0.05, 0.1) is 22.5 Å². The first-order valence-corrected chi connectivity index (χ1v) is 8.47. The van der Waals surface area contributed by atoms with Crippen LogP contribution in [0.25, 0.3) is 0 Å². The molecule has 0 saturated heterocycles. The summed E-state index contributed by atoms with van der Waals surface area (Å²) in [4.78, 5) is 1.17. The minimum atomic E-state index is -0.435. The summed E-state index contributed by atoms with van der Waals surface area (Å²) in [6, 6.07) is 8.34. The summed E-state index contributed by atoms with van der Waals surface area (Å²) in [5.41, 5.74) is 2.99. The minimum absolute atomic E-state index is 0.435. The van der Waals surface area contributed by atoms with Crippen molar-refractivity contribution >= 4 is 23.4 Å².